The van der Waals surface area contributed by atoms with Crippen molar-refractivity contribution in [3.8, 4) is 0 Å². The minimum Gasteiger partial charge on any atom is -0.396 e. The summed E-state index contributed by atoms with van der Waals surface area (Å²) in [6, 6.07) is 8.85. The second-order valence-electron chi connectivity index (χ2n) is 6.12. The summed E-state index contributed by atoms with van der Waals surface area (Å²) in [5.41, 5.74) is 9.18. The number of hydrogen-bond acceptors (Lipinski definition) is 3. The van der Waals surface area contributed by atoms with Gasteiger partial charge in [0, 0.05) is 18.5 Å². The molecule has 0 bridgehead atoms. The Morgan fingerprint density at radius 3 is 2.85 bits per heavy atom. The molecule has 0 saturated heterocycles. The van der Waals surface area contributed by atoms with Gasteiger partial charge in [0.2, 0.25) is 0 Å². The summed E-state index contributed by atoms with van der Waals surface area (Å²) in [6.45, 7) is 2.36. The maximum atomic E-state index is 6.22. The number of benzene rings is 1. The van der Waals surface area contributed by atoms with Gasteiger partial charge in [0.1, 0.15) is 0 Å². The van der Waals surface area contributed by atoms with Gasteiger partial charge in [0.15, 0.2) is 0 Å². The highest BCUT2D eigenvalue weighted by Gasteiger charge is 2.24. The predicted octanol–water partition coefficient (Wildman–Crippen LogP) is 3.83. The molecule has 1 saturated carbocycles. The van der Waals surface area contributed by atoms with Crippen molar-refractivity contribution in [3.05, 3.63) is 30.5 Å². The molecule has 1 heterocycles. The normalized spacial score (nSPS) is 22.9. The summed E-state index contributed by atoms with van der Waals surface area (Å²) in [5, 5.41) is 1.16. The fourth-order valence-corrected chi connectivity index (χ4v) is 3.47. The van der Waals surface area contributed by atoms with Crippen molar-refractivity contribution < 1.29 is 0 Å². The molecular weight excluding hydrogens is 246 g/mol. The van der Waals surface area contributed by atoms with Crippen molar-refractivity contribution >= 4 is 22.3 Å². The lowest BCUT2D eigenvalue weighted by molar-refractivity contribution is 0.337. The van der Waals surface area contributed by atoms with Gasteiger partial charge in [-0.2, -0.15) is 0 Å². The van der Waals surface area contributed by atoms with Gasteiger partial charge < -0.3 is 10.6 Å². The Labute approximate surface area is 120 Å². The molecule has 2 unspecified atom stereocenters. The monoisotopic (exact) mass is 269 g/mol. The van der Waals surface area contributed by atoms with Crippen LogP contribution in [0.25, 0.3) is 10.9 Å². The van der Waals surface area contributed by atoms with Gasteiger partial charge >= 0.3 is 0 Å². The van der Waals surface area contributed by atoms with Gasteiger partial charge in [-0.1, -0.05) is 38.0 Å². The Morgan fingerprint density at radius 1 is 1.25 bits per heavy atom. The van der Waals surface area contributed by atoms with Crippen LogP contribution < -0.4 is 10.6 Å². The van der Waals surface area contributed by atoms with Crippen LogP contribution in [0.3, 0.4) is 0 Å². The van der Waals surface area contributed by atoms with Crippen molar-refractivity contribution in [2.24, 2.45) is 5.92 Å². The first-order valence-electron chi connectivity index (χ1n) is 7.53. The van der Waals surface area contributed by atoms with E-state index in [2.05, 4.69) is 42.1 Å². The standard InChI is InChI=1S/C17H23N3/c1-12-6-5-7-13(10-12)20(2)17-14-8-3-4-9-16(14)19-11-15(17)18/h3-4,8-9,11-13H,5-7,10,18H2,1-2H3. The summed E-state index contributed by atoms with van der Waals surface area (Å²) in [4.78, 5) is 6.82. The molecule has 0 spiro atoms. The summed E-state index contributed by atoms with van der Waals surface area (Å²) in [6.07, 6.45) is 6.99. The zero-order valence-corrected chi connectivity index (χ0v) is 12.3. The molecule has 1 aliphatic carbocycles. The maximum absolute atomic E-state index is 6.22. The Hall–Kier alpha value is -1.77. The van der Waals surface area contributed by atoms with E-state index in [-0.39, 0.29) is 0 Å². The number of para-hydroxylation sites is 1. The van der Waals surface area contributed by atoms with Crippen LogP contribution in [0.4, 0.5) is 11.4 Å². The lowest BCUT2D eigenvalue weighted by Crippen LogP contribution is -2.36. The van der Waals surface area contributed by atoms with E-state index in [1.54, 1.807) is 6.20 Å². The summed E-state index contributed by atoms with van der Waals surface area (Å²) < 4.78 is 0. The quantitative estimate of drug-likeness (QED) is 0.901. The maximum Gasteiger partial charge on any atom is 0.0745 e. The van der Waals surface area contributed by atoms with Gasteiger partial charge in [-0.05, 0) is 24.8 Å². The highest BCUT2D eigenvalue weighted by molar-refractivity contribution is 5.97. The smallest absolute Gasteiger partial charge is 0.0745 e. The molecule has 3 heteroatoms. The fraction of sp³-hybridized carbons (Fsp3) is 0.471. The van der Waals surface area contributed by atoms with E-state index < -0.39 is 0 Å². The van der Waals surface area contributed by atoms with Crippen LogP contribution in [0.2, 0.25) is 0 Å². The van der Waals surface area contributed by atoms with Crippen molar-refractivity contribution in [1.29, 1.82) is 0 Å². The summed E-state index contributed by atoms with van der Waals surface area (Å²) in [7, 11) is 2.18. The third-order valence-corrected chi connectivity index (χ3v) is 4.58. The first-order valence-corrected chi connectivity index (χ1v) is 7.53. The highest BCUT2D eigenvalue weighted by atomic mass is 15.1. The number of nitrogens with two attached hydrogens (primary N) is 1. The second kappa shape index (κ2) is 5.31. The van der Waals surface area contributed by atoms with Crippen molar-refractivity contribution in [1.82, 2.24) is 4.98 Å². The fourth-order valence-electron chi connectivity index (χ4n) is 3.47. The molecule has 1 aromatic carbocycles. The van der Waals surface area contributed by atoms with E-state index in [1.165, 1.54) is 25.7 Å². The van der Waals surface area contributed by atoms with Crippen LogP contribution in [0.1, 0.15) is 32.6 Å². The SMILES string of the molecule is CC1CCCC(N(C)c2c(N)cnc3ccccc23)C1. The average molecular weight is 269 g/mol. The van der Waals surface area contributed by atoms with E-state index in [9.17, 15) is 0 Å². The Bertz CT molecular complexity index is 608. The third-order valence-electron chi connectivity index (χ3n) is 4.58. The topological polar surface area (TPSA) is 42.1 Å². The molecule has 0 amide bonds. The van der Waals surface area contributed by atoms with E-state index in [4.69, 9.17) is 5.73 Å². The van der Waals surface area contributed by atoms with Gasteiger partial charge in [-0.25, -0.2) is 0 Å². The number of nitrogen functional groups attached to an aromatic ring is 1. The van der Waals surface area contributed by atoms with Crippen molar-refractivity contribution in [2.75, 3.05) is 17.7 Å². The highest BCUT2D eigenvalue weighted by Crippen LogP contribution is 2.36. The molecule has 0 radical (unpaired) electrons. The molecule has 0 aliphatic heterocycles. The lowest BCUT2D eigenvalue weighted by Gasteiger charge is -2.36. The number of hydrogen-bond donors (Lipinski definition) is 1. The Morgan fingerprint density at radius 2 is 2.05 bits per heavy atom. The van der Waals surface area contributed by atoms with Crippen molar-refractivity contribution in [3.63, 3.8) is 0 Å². The molecule has 3 rings (SSSR count). The number of fused-ring (bicyclic) bond motifs is 1. The Kier molecular flexibility index (Phi) is 3.51. The average Bonchev–Trinajstić information content (AvgIpc) is 2.46. The van der Waals surface area contributed by atoms with Gasteiger partial charge in [-0.3, -0.25) is 4.98 Å². The number of pyridine rings is 1. The first kappa shape index (κ1) is 13.2. The van der Waals surface area contributed by atoms with Crippen LogP contribution in [-0.2, 0) is 0 Å². The number of aromatic nitrogens is 1. The molecule has 1 aromatic heterocycles. The molecular formula is C17H23N3. The minimum absolute atomic E-state index is 0.590. The first-order chi connectivity index (χ1) is 9.66. The largest absolute Gasteiger partial charge is 0.396 e. The molecule has 2 N–H and O–H groups in total. The van der Waals surface area contributed by atoms with Crippen LogP contribution in [0.15, 0.2) is 30.5 Å². The number of nitrogens with zero attached hydrogens (tertiary/aromatic N) is 2. The van der Waals surface area contributed by atoms with E-state index in [0.717, 1.165) is 28.2 Å². The van der Waals surface area contributed by atoms with E-state index in [1.807, 2.05) is 6.07 Å². The third kappa shape index (κ3) is 2.33. The summed E-state index contributed by atoms with van der Waals surface area (Å²) in [5.74, 6) is 0.811. The van der Waals surface area contributed by atoms with Gasteiger partial charge in [0.25, 0.3) is 0 Å². The molecule has 2 atom stereocenters. The van der Waals surface area contributed by atoms with Crippen molar-refractivity contribution in [2.45, 2.75) is 38.6 Å². The van der Waals surface area contributed by atoms with Crippen LogP contribution in [0, 0.1) is 5.92 Å². The molecule has 20 heavy (non-hydrogen) atoms. The van der Waals surface area contributed by atoms with Crippen LogP contribution >= 0.6 is 0 Å². The molecule has 1 aliphatic rings. The molecule has 1 fully saturated rings. The van der Waals surface area contributed by atoms with Crippen LogP contribution in [0.5, 0.6) is 0 Å². The predicted molar refractivity (Wildman–Crippen MR) is 86.0 cm³/mol. The zero-order valence-electron chi connectivity index (χ0n) is 12.3. The second-order valence-corrected chi connectivity index (χ2v) is 6.12. The number of anilines is 2. The van der Waals surface area contributed by atoms with E-state index >= 15 is 0 Å². The minimum atomic E-state index is 0.590. The van der Waals surface area contributed by atoms with Gasteiger partial charge in [0.05, 0.1) is 23.1 Å². The zero-order chi connectivity index (χ0) is 14.1. The molecule has 3 nitrogen and oxygen atoms in total. The summed E-state index contributed by atoms with van der Waals surface area (Å²) >= 11 is 0. The van der Waals surface area contributed by atoms with Crippen LogP contribution in [-0.4, -0.2) is 18.1 Å². The van der Waals surface area contributed by atoms with Gasteiger partial charge in [-0.15, -0.1) is 0 Å². The Balaban J connectivity index is 2.02. The lowest BCUT2D eigenvalue weighted by atomic mass is 9.86. The van der Waals surface area contributed by atoms with E-state index in [0.29, 0.717) is 6.04 Å². The molecule has 2 aromatic rings. The number of rotatable bonds is 2. The molecule has 106 valence electrons.